The van der Waals surface area contributed by atoms with Gasteiger partial charge in [-0.1, -0.05) is 18.2 Å². The van der Waals surface area contributed by atoms with Gasteiger partial charge in [-0.25, -0.2) is 0 Å². The maximum atomic E-state index is 10.8. The zero-order chi connectivity index (χ0) is 11.5. The minimum atomic E-state index is -0.332. The average Bonchev–Trinajstić information content (AvgIpc) is 2.18. The van der Waals surface area contributed by atoms with Gasteiger partial charge in [0, 0.05) is 17.2 Å². The van der Waals surface area contributed by atoms with Crippen molar-refractivity contribution in [3.8, 4) is 0 Å². The summed E-state index contributed by atoms with van der Waals surface area (Å²) in [4.78, 5) is 10.4. The molecule has 82 valence electrons. The van der Waals surface area contributed by atoms with E-state index in [2.05, 4.69) is 5.32 Å². The number of benzene rings is 1. The third kappa shape index (κ3) is 3.02. The highest BCUT2D eigenvalue weighted by Crippen LogP contribution is 2.22. The first-order valence-electron chi connectivity index (χ1n) is 4.87. The molecule has 1 aromatic rings. The Labute approximate surface area is 89.5 Å². The average molecular weight is 208 g/mol. The lowest BCUT2D eigenvalue weighted by atomic mass is 9.94. The number of nitrogens with one attached hydrogen (secondary N) is 1. The van der Waals surface area contributed by atoms with E-state index in [4.69, 9.17) is 0 Å². The van der Waals surface area contributed by atoms with Crippen LogP contribution in [0.5, 0.6) is 0 Å². The topological polar surface area (TPSA) is 55.2 Å². The maximum Gasteiger partial charge on any atom is 0.272 e. The molecule has 0 amide bonds. The van der Waals surface area contributed by atoms with Crippen molar-refractivity contribution in [2.75, 3.05) is 7.05 Å². The molecule has 0 aliphatic heterocycles. The number of nitro benzene ring substituents is 1. The SMILES string of the molecule is CNC(C)(C)Cc1ccccc1[N+](=O)[O-]. The molecule has 0 spiro atoms. The number of hydrogen-bond donors (Lipinski definition) is 1. The van der Waals surface area contributed by atoms with E-state index in [1.807, 2.05) is 27.0 Å². The van der Waals surface area contributed by atoms with Crippen LogP contribution in [-0.2, 0) is 6.42 Å². The van der Waals surface area contributed by atoms with Crippen LogP contribution in [0.25, 0.3) is 0 Å². The van der Waals surface area contributed by atoms with Crippen molar-refractivity contribution in [2.24, 2.45) is 0 Å². The number of rotatable bonds is 4. The maximum absolute atomic E-state index is 10.8. The van der Waals surface area contributed by atoms with E-state index in [0.717, 1.165) is 5.56 Å². The molecule has 0 atom stereocenters. The van der Waals surface area contributed by atoms with Gasteiger partial charge in [-0.3, -0.25) is 10.1 Å². The Morgan fingerprint density at radius 2 is 2.00 bits per heavy atom. The van der Waals surface area contributed by atoms with Crippen LogP contribution in [0.1, 0.15) is 19.4 Å². The Morgan fingerprint density at radius 1 is 1.40 bits per heavy atom. The highest BCUT2D eigenvalue weighted by molar-refractivity contribution is 5.40. The Morgan fingerprint density at radius 3 is 2.53 bits per heavy atom. The van der Waals surface area contributed by atoms with Gasteiger partial charge in [-0.2, -0.15) is 0 Å². The first-order chi connectivity index (χ1) is 6.96. The van der Waals surface area contributed by atoms with Gasteiger partial charge in [0.1, 0.15) is 0 Å². The number of likely N-dealkylation sites (N-methyl/N-ethyl adjacent to an activating group) is 1. The molecule has 0 saturated carbocycles. The van der Waals surface area contributed by atoms with Crippen molar-refractivity contribution >= 4 is 5.69 Å². The summed E-state index contributed by atoms with van der Waals surface area (Å²) < 4.78 is 0. The summed E-state index contributed by atoms with van der Waals surface area (Å²) in [7, 11) is 1.86. The monoisotopic (exact) mass is 208 g/mol. The zero-order valence-electron chi connectivity index (χ0n) is 9.28. The van der Waals surface area contributed by atoms with Gasteiger partial charge in [0.05, 0.1) is 4.92 Å². The van der Waals surface area contributed by atoms with Crippen LogP contribution in [-0.4, -0.2) is 17.5 Å². The Balaban J connectivity index is 2.99. The van der Waals surface area contributed by atoms with Crippen LogP contribution < -0.4 is 5.32 Å². The minimum absolute atomic E-state index is 0.133. The number of nitro groups is 1. The van der Waals surface area contributed by atoms with Crippen molar-refractivity contribution in [3.05, 3.63) is 39.9 Å². The van der Waals surface area contributed by atoms with Crippen molar-refractivity contribution in [2.45, 2.75) is 25.8 Å². The van der Waals surface area contributed by atoms with E-state index < -0.39 is 0 Å². The molecule has 15 heavy (non-hydrogen) atoms. The third-order valence-corrected chi connectivity index (χ3v) is 2.50. The standard InChI is InChI=1S/C11H16N2O2/c1-11(2,12-3)8-9-6-4-5-7-10(9)13(14)15/h4-7,12H,8H2,1-3H3. The van der Waals surface area contributed by atoms with Gasteiger partial charge >= 0.3 is 0 Å². The molecule has 1 N–H and O–H groups in total. The summed E-state index contributed by atoms with van der Waals surface area (Å²) in [6.45, 7) is 4.04. The number of para-hydroxylation sites is 1. The molecule has 0 radical (unpaired) electrons. The van der Waals surface area contributed by atoms with Gasteiger partial charge in [0.15, 0.2) is 0 Å². The molecule has 0 heterocycles. The fourth-order valence-corrected chi connectivity index (χ4v) is 1.40. The molecule has 0 aliphatic rings. The fraction of sp³-hybridized carbons (Fsp3) is 0.455. The summed E-state index contributed by atoms with van der Waals surface area (Å²) >= 11 is 0. The molecular formula is C11H16N2O2. The number of hydrogen-bond acceptors (Lipinski definition) is 3. The molecule has 0 fully saturated rings. The Hall–Kier alpha value is -1.42. The van der Waals surface area contributed by atoms with Gasteiger partial charge < -0.3 is 5.32 Å². The lowest BCUT2D eigenvalue weighted by molar-refractivity contribution is -0.385. The van der Waals surface area contributed by atoms with E-state index in [1.165, 1.54) is 0 Å². The molecule has 0 unspecified atom stereocenters. The lowest BCUT2D eigenvalue weighted by Crippen LogP contribution is -2.38. The normalized spacial score (nSPS) is 11.4. The third-order valence-electron chi connectivity index (χ3n) is 2.50. The van der Waals surface area contributed by atoms with Crippen LogP contribution in [0.2, 0.25) is 0 Å². The van der Waals surface area contributed by atoms with Crippen molar-refractivity contribution < 1.29 is 4.92 Å². The highest BCUT2D eigenvalue weighted by atomic mass is 16.6. The van der Waals surface area contributed by atoms with E-state index >= 15 is 0 Å². The predicted molar refractivity (Wildman–Crippen MR) is 59.9 cm³/mol. The quantitative estimate of drug-likeness (QED) is 0.609. The van der Waals surface area contributed by atoms with E-state index in [0.29, 0.717) is 6.42 Å². The molecule has 4 heteroatoms. The largest absolute Gasteiger partial charge is 0.314 e. The second-order valence-electron chi connectivity index (χ2n) is 4.20. The lowest BCUT2D eigenvalue weighted by Gasteiger charge is -2.23. The van der Waals surface area contributed by atoms with Gasteiger partial charge in [-0.15, -0.1) is 0 Å². The predicted octanol–water partition coefficient (Wildman–Crippen LogP) is 2.14. The summed E-state index contributed by atoms with van der Waals surface area (Å²) in [5.41, 5.74) is 0.828. The number of nitrogens with zero attached hydrogens (tertiary/aromatic N) is 1. The van der Waals surface area contributed by atoms with E-state index in [9.17, 15) is 10.1 Å². The second-order valence-corrected chi connectivity index (χ2v) is 4.20. The summed E-state index contributed by atoms with van der Waals surface area (Å²) in [6, 6.07) is 6.86. The van der Waals surface area contributed by atoms with Crippen LogP contribution in [0.3, 0.4) is 0 Å². The molecule has 0 bridgehead atoms. The molecule has 1 aromatic carbocycles. The molecule has 4 nitrogen and oxygen atoms in total. The summed E-state index contributed by atoms with van der Waals surface area (Å²) in [5.74, 6) is 0. The van der Waals surface area contributed by atoms with E-state index in [-0.39, 0.29) is 16.1 Å². The smallest absolute Gasteiger partial charge is 0.272 e. The van der Waals surface area contributed by atoms with Gasteiger partial charge in [-0.05, 0) is 27.3 Å². The van der Waals surface area contributed by atoms with Gasteiger partial charge in [0.25, 0.3) is 5.69 Å². The van der Waals surface area contributed by atoms with Crippen molar-refractivity contribution in [1.82, 2.24) is 5.32 Å². The van der Waals surface area contributed by atoms with Crippen LogP contribution >= 0.6 is 0 Å². The highest BCUT2D eigenvalue weighted by Gasteiger charge is 2.21. The Bertz CT molecular complexity index is 361. The minimum Gasteiger partial charge on any atom is -0.314 e. The van der Waals surface area contributed by atoms with E-state index in [1.54, 1.807) is 18.2 Å². The van der Waals surface area contributed by atoms with Gasteiger partial charge in [0.2, 0.25) is 0 Å². The fourth-order valence-electron chi connectivity index (χ4n) is 1.40. The molecule has 0 aromatic heterocycles. The zero-order valence-corrected chi connectivity index (χ0v) is 9.28. The first kappa shape index (κ1) is 11.7. The Kier molecular flexibility index (Phi) is 3.42. The van der Waals surface area contributed by atoms with Crippen LogP contribution in [0.15, 0.2) is 24.3 Å². The van der Waals surface area contributed by atoms with Crippen LogP contribution in [0, 0.1) is 10.1 Å². The van der Waals surface area contributed by atoms with Crippen LogP contribution in [0.4, 0.5) is 5.69 Å². The van der Waals surface area contributed by atoms with Crippen molar-refractivity contribution in [3.63, 3.8) is 0 Å². The first-order valence-corrected chi connectivity index (χ1v) is 4.87. The summed E-state index contributed by atoms with van der Waals surface area (Å²) in [5, 5.41) is 13.9. The molecule has 1 rings (SSSR count). The summed E-state index contributed by atoms with van der Waals surface area (Å²) in [6.07, 6.45) is 0.640. The molecule has 0 aliphatic carbocycles. The molecule has 0 saturated heterocycles. The molecular weight excluding hydrogens is 192 g/mol. The second kappa shape index (κ2) is 4.40. The van der Waals surface area contributed by atoms with Crippen molar-refractivity contribution in [1.29, 1.82) is 0 Å².